The molecule has 4 heterocycles. The summed E-state index contributed by atoms with van der Waals surface area (Å²) in [6.45, 7) is 4.34. The number of alkyl halides is 3. The van der Waals surface area contributed by atoms with Crippen LogP contribution in [0, 0.1) is 0 Å². The van der Waals surface area contributed by atoms with Crippen molar-refractivity contribution in [3.63, 3.8) is 0 Å². The molecule has 2 saturated heterocycles. The smallest absolute Gasteiger partial charge is 0.435 e. The molecule has 1 aromatic heterocycles. The molecule has 0 radical (unpaired) electrons. The highest BCUT2D eigenvalue weighted by atomic mass is 19.4. The van der Waals surface area contributed by atoms with Gasteiger partial charge in [0.05, 0.1) is 11.9 Å². The van der Waals surface area contributed by atoms with Crippen LogP contribution in [0.4, 0.5) is 24.7 Å². The fourth-order valence-electron chi connectivity index (χ4n) is 4.11. The van der Waals surface area contributed by atoms with E-state index in [4.69, 9.17) is 10.5 Å². The molecule has 1 aromatic rings. The first kappa shape index (κ1) is 20.7. The Morgan fingerprint density at radius 1 is 1.13 bits per heavy atom. The summed E-state index contributed by atoms with van der Waals surface area (Å²) in [4.78, 5) is 21.0. The van der Waals surface area contributed by atoms with E-state index in [1.807, 2.05) is 0 Å². The molecule has 0 aliphatic carbocycles. The summed E-state index contributed by atoms with van der Waals surface area (Å²) < 4.78 is 47.4. The van der Waals surface area contributed by atoms with Gasteiger partial charge in [-0.2, -0.15) is 13.2 Å². The molecule has 0 aromatic carbocycles. The lowest BCUT2D eigenvalue weighted by Gasteiger charge is -2.37. The number of pyridine rings is 1. The molecule has 3 N–H and O–H groups in total. The van der Waals surface area contributed by atoms with Crippen LogP contribution in [0.15, 0.2) is 29.8 Å². The topological polar surface area (TPSA) is 87.0 Å². The Balaban J connectivity index is 1.70. The predicted molar refractivity (Wildman–Crippen MR) is 104 cm³/mol. The fourth-order valence-corrected chi connectivity index (χ4v) is 4.11. The lowest BCUT2D eigenvalue weighted by Crippen LogP contribution is -2.50. The van der Waals surface area contributed by atoms with Crippen LogP contribution in [0.5, 0.6) is 0 Å². The van der Waals surface area contributed by atoms with Crippen LogP contribution in [0.25, 0.3) is 0 Å². The van der Waals surface area contributed by atoms with Gasteiger partial charge in [0.15, 0.2) is 5.70 Å². The van der Waals surface area contributed by atoms with E-state index >= 15 is 0 Å². The summed E-state index contributed by atoms with van der Waals surface area (Å²) >= 11 is 0. The van der Waals surface area contributed by atoms with Crippen LogP contribution < -0.4 is 20.9 Å². The number of carbonyl (C=O) groups is 1. The van der Waals surface area contributed by atoms with E-state index < -0.39 is 29.9 Å². The van der Waals surface area contributed by atoms with Crippen molar-refractivity contribution >= 4 is 17.4 Å². The van der Waals surface area contributed by atoms with Crippen LogP contribution in [0.2, 0.25) is 0 Å². The number of piperazine rings is 1. The van der Waals surface area contributed by atoms with E-state index in [1.54, 1.807) is 17.0 Å². The predicted octanol–water partition coefficient (Wildman–Crippen LogP) is 1.36. The van der Waals surface area contributed by atoms with E-state index in [0.717, 1.165) is 50.3 Å². The third kappa shape index (κ3) is 4.04. The molecule has 1 amide bonds. The number of hydrogen-bond donors (Lipinski definition) is 2. The molecule has 2 fully saturated rings. The van der Waals surface area contributed by atoms with E-state index in [0.29, 0.717) is 18.9 Å². The molecule has 11 heteroatoms. The number of aromatic nitrogens is 1. The zero-order chi connectivity index (χ0) is 21.3. The number of halogens is 3. The molecule has 8 nitrogen and oxygen atoms in total. The first-order valence-electron chi connectivity index (χ1n) is 10.1. The van der Waals surface area contributed by atoms with Gasteiger partial charge in [0.25, 0.3) is 5.91 Å². The number of rotatable bonds is 4. The number of allylic oxidation sites excluding steroid dienone is 1. The largest absolute Gasteiger partial charge is 0.449 e. The van der Waals surface area contributed by atoms with Gasteiger partial charge in [-0.05, 0) is 25.0 Å². The number of piperidine rings is 1. The number of carbonyl (C=O) groups excluding carboxylic acids is 1. The lowest BCUT2D eigenvalue weighted by atomic mass is 10.1. The second-order valence-electron chi connectivity index (χ2n) is 7.56. The summed E-state index contributed by atoms with van der Waals surface area (Å²) in [7, 11) is 0. The second kappa shape index (κ2) is 8.31. The molecule has 164 valence electrons. The zero-order valence-corrected chi connectivity index (χ0v) is 16.5. The fraction of sp³-hybridized carbons (Fsp3) is 0.579. The van der Waals surface area contributed by atoms with Gasteiger partial charge in [-0.15, -0.1) is 0 Å². The van der Waals surface area contributed by atoms with Crippen molar-refractivity contribution in [3.05, 3.63) is 29.8 Å². The van der Waals surface area contributed by atoms with Crippen LogP contribution in [-0.2, 0) is 9.53 Å². The normalized spacial score (nSPS) is 23.6. The van der Waals surface area contributed by atoms with Crippen molar-refractivity contribution in [2.75, 3.05) is 49.1 Å². The SMILES string of the molecule is NC(=O)C1=C(C(F)(F)F)N(c2ccc(N3CCNCC3)nc2)C(N2CCCCC2)O1. The molecule has 4 rings (SSSR count). The molecule has 0 saturated carbocycles. The molecule has 1 atom stereocenters. The van der Waals surface area contributed by atoms with Crippen molar-refractivity contribution in [2.45, 2.75) is 31.8 Å². The molecule has 30 heavy (non-hydrogen) atoms. The summed E-state index contributed by atoms with van der Waals surface area (Å²) in [5.74, 6) is -1.40. The van der Waals surface area contributed by atoms with E-state index in [2.05, 4.69) is 15.2 Å². The Hall–Kier alpha value is -2.53. The van der Waals surface area contributed by atoms with Gasteiger partial charge in [-0.1, -0.05) is 6.42 Å². The third-order valence-corrected chi connectivity index (χ3v) is 5.55. The number of nitrogens with two attached hydrogens (primary N) is 1. The van der Waals surface area contributed by atoms with Crippen molar-refractivity contribution < 1.29 is 22.7 Å². The van der Waals surface area contributed by atoms with Crippen molar-refractivity contribution in [1.82, 2.24) is 15.2 Å². The highest BCUT2D eigenvalue weighted by Crippen LogP contribution is 2.42. The van der Waals surface area contributed by atoms with Gasteiger partial charge in [0.2, 0.25) is 12.1 Å². The van der Waals surface area contributed by atoms with Gasteiger partial charge in [0, 0.05) is 39.3 Å². The first-order chi connectivity index (χ1) is 14.4. The van der Waals surface area contributed by atoms with Gasteiger partial charge in [-0.25, -0.2) is 4.98 Å². The highest BCUT2D eigenvalue weighted by Gasteiger charge is 2.52. The average Bonchev–Trinajstić information content (AvgIpc) is 3.17. The number of primary amides is 1. The van der Waals surface area contributed by atoms with Crippen LogP contribution in [0.1, 0.15) is 19.3 Å². The monoisotopic (exact) mass is 426 g/mol. The number of likely N-dealkylation sites (tertiary alicyclic amines) is 1. The van der Waals surface area contributed by atoms with Crippen molar-refractivity contribution in [3.8, 4) is 0 Å². The van der Waals surface area contributed by atoms with E-state index in [1.165, 1.54) is 6.20 Å². The molecule has 1 unspecified atom stereocenters. The van der Waals surface area contributed by atoms with E-state index in [-0.39, 0.29) is 5.69 Å². The lowest BCUT2D eigenvalue weighted by molar-refractivity contribution is -0.121. The maximum absolute atomic E-state index is 14.0. The number of nitrogens with zero attached hydrogens (tertiary/aromatic N) is 4. The van der Waals surface area contributed by atoms with Gasteiger partial charge in [0.1, 0.15) is 5.82 Å². The Labute approximate surface area is 172 Å². The standard InChI is InChI=1S/C19H25F3N6O2/c20-19(21,22)16-15(17(23)29)30-18(27-8-2-1-3-9-27)28(16)13-4-5-14(25-12-13)26-10-6-24-7-11-26/h4-5,12,18,24H,1-3,6-11H2,(H2,23,29). The minimum atomic E-state index is -4.81. The van der Waals surface area contributed by atoms with Crippen molar-refractivity contribution in [1.29, 1.82) is 0 Å². The summed E-state index contributed by atoms with van der Waals surface area (Å²) in [6.07, 6.45) is -1.80. The Morgan fingerprint density at radius 2 is 1.83 bits per heavy atom. The Bertz CT molecular complexity index is 801. The summed E-state index contributed by atoms with van der Waals surface area (Å²) in [6, 6.07) is 3.28. The Morgan fingerprint density at radius 3 is 2.40 bits per heavy atom. The molecule has 3 aliphatic heterocycles. The highest BCUT2D eigenvalue weighted by molar-refractivity contribution is 5.92. The second-order valence-corrected chi connectivity index (χ2v) is 7.56. The van der Waals surface area contributed by atoms with Crippen LogP contribution >= 0.6 is 0 Å². The number of nitrogens with one attached hydrogen (secondary N) is 1. The molecule has 0 spiro atoms. The first-order valence-corrected chi connectivity index (χ1v) is 10.1. The maximum atomic E-state index is 14.0. The van der Waals surface area contributed by atoms with Crippen LogP contribution in [0.3, 0.4) is 0 Å². The summed E-state index contributed by atoms with van der Waals surface area (Å²) in [5.41, 5.74) is 4.27. The minimum absolute atomic E-state index is 0.202. The van der Waals surface area contributed by atoms with Crippen LogP contribution in [-0.4, -0.2) is 67.6 Å². The maximum Gasteiger partial charge on any atom is 0.435 e. The molecule has 0 bridgehead atoms. The zero-order valence-electron chi connectivity index (χ0n) is 16.5. The minimum Gasteiger partial charge on any atom is -0.449 e. The van der Waals surface area contributed by atoms with Gasteiger partial charge < -0.3 is 20.7 Å². The molecular formula is C19H25F3N6O2. The van der Waals surface area contributed by atoms with Gasteiger partial charge in [-0.3, -0.25) is 14.6 Å². The Kier molecular flexibility index (Phi) is 5.74. The summed E-state index contributed by atoms with van der Waals surface area (Å²) in [5, 5.41) is 3.25. The quantitative estimate of drug-likeness (QED) is 0.752. The number of hydrogen-bond acceptors (Lipinski definition) is 7. The number of ether oxygens (including phenoxy) is 1. The van der Waals surface area contributed by atoms with Crippen molar-refractivity contribution in [2.24, 2.45) is 5.73 Å². The van der Waals surface area contributed by atoms with E-state index in [9.17, 15) is 18.0 Å². The molecule has 3 aliphatic rings. The van der Waals surface area contributed by atoms with Gasteiger partial charge >= 0.3 is 6.18 Å². The third-order valence-electron chi connectivity index (χ3n) is 5.55. The number of anilines is 2. The number of amides is 1. The average molecular weight is 426 g/mol. The molecular weight excluding hydrogens is 401 g/mol.